The van der Waals surface area contributed by atoms with E-state index in [1.807, 2.05) is 6.07 Å². The molecular formula is C29H25FN4O3S. The number of ether oxygens (including phenoxy) is 1. The van der Waals surface area contributed by atoms with Crippen molar-refractivity contribution in [3.63, 3.8) is 0 Å². The van der Waals surface area contributed by atoms with Crippen molar-refractivity contribution >= 4 is 35.0 Å². The number of anilines is 2. The van der Waals surface area contributed by atoms with Crippen LogP contribution in [-0.2, 0) is 9.59 Å². The molecule has 0 fully saturated rings. The lowest BCUT2D eigenvalue weighted by Crippen LogP contribution is -2.31. The van der Waals surface area contributed by atoms with Gasteiger partial charge in [0.1, 0.15) is 11.6 Å². The average Bonchev–Trinajstić information content (AvgIpc) is 2.92. The number of hydrogen-bond donors (Lipinski definition) is 3. The molecule has 0 saturated heterocycles. The van der Waals surface area contributed by atoms with E-state index in [0.717, 1.165) is 11.8 Å². The Bertz CT molecular complexity index is 1450. The number of hydrogen-bond acceptors (Lipinski definition) is 6. The first-order valence-electron chi connectivity index (χ1n) is 11.7. The molecule has 0 bridgehead atoms. The van der Waals surface area contributed by atoms with Crippen LogP contribution < -0.4 is 20.7 Å². The zero-order valence-electron chi connectivity index (χ0n) is 20.7. The smallest absolute Gasteiger partial charge is 0.254 e. The maximum absolute atomic E-state index is 15.0. The van der Waals surface area contributed by atoms with Crippen LogP contribution in [0.4, 0.5) is 15.8 Å². The van der Waals surface area contributed by atoms with E-state index < -0.39 is 17.6 Å². The lowest BCUT2D eigenvalue weighted by Gasteiger charge is -2.30. The summed E-state index contributed by atoms with van der Waals surface area (Å²) in [6, 6.07) is 24.0. The molecule has 0 unspecified atom stereocenters. The Balaban J connectivity index is 1.61. The van der Waals surface area contributed by atoms with Gasteiger partial charge in [-0.1, -0.05) is 48.2 Å². The van der Waals surface area contributed by atoms with Crippen molar-refractivity contribution in [1.29, 1.82) is 5.26 Å². The number of benzene rings is 3. The topological polar surface area (TPSA) is 103 Å². The largest absolute Gasteiger partial charge is 0.497 e. The number of methoxy groups -OCH3 is 1. The minimum atomic E-state index is -0.960. The number of thioether (sulfide) groups is 1. The molecule has 3 aromatic rings. The number of para-hydroxylation sites is 1. The number of nitriles is 1. The molecule has 192 valence electrons. The maximum atomic E-state index is 15.0. The number of halogens is 1. The van der Waals surface area contributed by atoms with Gasteiger partial charge in [0, 0.05) is 28.2 Å². The molecular weight excluding hydrogens is 503 g/mol. The van der Waals surface area contributed by atoms with Crippen LogP contribution in [0.5, 0.6) is 5.75 Å². The van der Waals surface area contributed by atoms with Crippen LogP contribution in [-0.4, -0.2) is 24.7 Å². The van der Waals surface area contributed by atoms with E-state index in [9.17, 15) is 14.9 Å². The van der Waals surface area contributed by atoms with Crippen molar-refractivity contribution in [2.45, 2.75) is 12.8 Å². The fourth-order valence-corrected chi connectivity index (χ4v) is 4.97. The third-order valence-corrected chi connectivity index (χ3v) is 6.88. The van der Waals surface area contributed by atoms with Gasteiger partial charge < -0.3 is 20.7 Å². The van der Waals surface area contributed by atoms with E-state index in [1.165, 1.54) is 6.07 Å². The van der Waals surface area contributed by atoms with E-state index in [2.05, 4.69) is 22.0 Å². The van der Waals surface area contributed by atoms with Crippen LogP contribution in [0.15, 0.2) is 101 Å². The average molecular weight is 529 g/mol. The molecule has 1 aliphatic heterocycles. The SMILES string of the molecule is COc1ccc(NC(=O)CSC2=C(C#N)[C@@H](c3ccccc3F)C(C(=O)Nc3ccccc3)=C(C)N2)cc1. The molecule has 3 N–H and O–H groups in total. The zero-order chi connectivity index (χ0) is 27.1. The number of amides is 2. The number of nitrogens with zero attached hydrogens (tertiary/aromatic N) is 1. The van der Waals surface area contributed by atoms with Gasteiger partial charge >= 0.3 is 0 Å². The highest BCUT2D eigenvalue weighted by Crippen LogP contribution is 2.41. The van der Waals surface area contributed by atoms with Crippen LogP contribution >= 0.6 is 11.8 Å². The van der Waals surface area contributed by atoms with Gasteiger partial charge in [-0.2, -0.15) is 5.26 Å². The summed E-state index contributed by atoms with van der Waals surface area (Å²) in [6.07, 6.45) is 0. The highest BCUT2D eigenvalue weighted by atomic mass is 32.2. The summed E-state index contributed by atoms with van der Waals surface area (Å²) in [5.41, 5.74) is 2.21. The standard InChI is InChI=1S/C29H25FN4O3S/c1-18-26(28(36)34-19-8-4-3-5-9-19)27(22-10-6-7-11-24(22)30)23(16-31)29(32-18)38-17-25(35)33-20-12-14-21(37-2)15-13-20/h3-15,27,32H,17H2,1-2H3,(H,33,35)(H,34,36)/t27-/m1/s1. The fourth-order valence-electron chi connectivity index (χ4n) is 4.08. The molecule has 1 atom stereocenters. The molecule has 1 heterocycles. The third-order valence-electron chi connectivity index (χ3n) is 5.86. The predicted octanol–water partition coefficient (Wildman–Crippen LogP) is 5.54. The molecule has 0 spiro atoms. The first-order valence-corrected chi connectivity index (χ1v) is 12.7. The van der Waals surface area contributed by atoms with Crippen LogP contribution in [0.2, 0.25) is 0 Å². The summed E-state index contributed by atoms with van der Waals surface area (Å²) in [5.74, 6) is -1.58. The molecule has 9 heteroatoms. The number of nitrogens with one attached hydrogen (secondary N) is 3. The summed E-state index contributed by atoms with van der Waals surface area (Å²) in [7, 11) is 1.56. The Kier molecular flexibility index (Phi) is 8.46. The van der Waals surface area contributed by atoms with Crippen LogP contribution in [0.1, 0.15) is 18.4 Å². The number of carbonyl (C=O) groups excluding carboxylic acids is 2. The molecule has 0 aromatic heterocycles. The van der Waals surface area contributed by atoms with Crippen molar-refractivity contribution in [2.24, 2.45) is 0 Å². The van der Waals surface area contributed by atoms with Gasteiger partial charge in [-0.05, 0) is 49.4 Å². The monoisotopic (exact) mass is 528 g/mol. The highest BCUT2D eigenvalue weighted by molar-refractivity contribution is 8.03. The summed E-state index contributed by atoms with van der Waals surface area (Å²) in [6.45, 7) is 1.69. The van der Waals surface area contributed by atoms with Crippen molar-refractivity contribution in [2.75, 3.05) is 23.5 Å². The van der Waals surface area contributed by atoms with Crippen molar-refractivity contribution in [3.8, 4) is 11.8 Å². The van der Waals surface area contributed by atoms with Crippen molar-refractivity contribution in [1.82, 2.24) is 5.32 Å². The second kappa shape index (κ2) is 12.1. The number of rotatable bonds is 8. The lowest BCUT2D eigenvalue weighted by atomic mass is 9.82. The first kappa shape index (κ1) is 26.5. The lowest BCUT2D eigenvalue weighted by molar-refractivity contribution is -0.114. The van der Waals surface area contributed by atoms with Crippen LogP contribution in [0, 0.1) is 17.1 Å². The maximum Gasteiger partial charge on any atom is 0.254 e. The van der Waals surface area contributed by atoms with Gasteiger partial charge in [0.05, 0.1) is 35.5 Å². The fraction of sp³-hybridized carbons (Fsp3) is 0.138. The Morgan fingerprint density at radius 1 is 1.00 bits per heavy atom. The summed E-state index contributed by atoms with van der Waals surface area (Å²) in [5, 5.41) is 19.3. The van der Waals surface area contributed by atoms with Crippen LogP contribution in [0.25, 0.3) is 0 Å². The summed E-state index contributed by atoms with van der Waals surface area (Å²) < 4.78 is 20.2. The molecule has 1 aliphatic rings. The normalized spacial score (nSPS) is 14.8. The number of dihydropyridines is 1. The third kappa shape index (κ3) is 6.05. The van der Waals surface area contributed by atoms with Crippen LogP contribution in [0.3, 0.4) is 0 Å². The van der Waals surface area contributed by atoms with E-state index in [-0.39, 0.29) is 28.4 Å². The van der Waals surface area contributed by atoms with Gasteiger partial charge in [-0.3, -0.25) is 9.59 Å². The predicted molar refractivity (Wildman–Crippen MR) is 147 cm³/mol. The Hall–Kier alpha value is -4.55. The van der Waals surface area contributed by atoms with Crippen molar-refractivity contribution in [3.05, 3.63) is 112 Å². The van der Waals surface area contributed by atoms with Gasteiger partial charge in [0.25, 0.3) is 5.91 Å². The molecule has 4 rings (SSSR count). The Morgan fingerprint density at radius 3 is 2.32 bits per heavy atom. The van der Waals surface area contributed by atoms with Gasteiger partial charge in [0.2, 0.25) is 5.91 Å². The second-order valence-electron chi connectivity index (χ2n) is 8.36. The minimum Gasteiger partial charge on any atom is -0.497 e. The number of allylic oxidation sites excluding steroid dienone is 2. The van der Waals surface area contributed by atoms with Crippen molar-refractivity contribution < 1.29 is 18.7 Å². The molecule has 7 nitrogen and oxygen atoms in total. The van der Waals surface area contributed by atoms with Gasteiger partial charge in [0.15, 0.2) is 0 Å². The Morgan fingerprint density at radius 2 is 1.66 bits per heavy atom. The quantitative estimate of drug-likeness (QED) is 0.355. The molecule has 0 saturated carbocycles. The molecule has 0 radical (unpaired) electrons. The molecule has 38 heavy (non-hydrogen) atoms. The molecule has 0 aliphatic carbocycles. The number of carbonyl (C=O) groups is 2. The van der Waals surface area contributed by atoms with E-state index in [0.29, 0.717) is 27.9 Å². The highest BCUT2D eigenvalue weighted by Gasteiger charge is 2.36. The molecule has 2 amide bonds. The molecule has 3 aromatic carbocycles. The van der Waals surface area contributed by atoms with E-state index in [4.69, 9.17) is 4.74 Å². The van der Waals surface area contributed by atoms with Gasteiger partial charge in [-0.15, -0.1) is 0 Å². The first-order chi connectivity index (χ1) is 18.4. The van der Waals surface area contributed by atoms with Gasteiger partial charge in [-0.25, -0.2) is 4.39 Å². The second-order valence-corrected chi connectivity index (χ2v) is 9.34. The zero-order valence-corrected chi connectivity index (χ0v) is 21.6. The summed E-state index contributed by atoms with van der Waals surface area (Å²) >= 11 is 1.11. The minimum absolute atomic E-state index is 0.0115. The Labute approximate surface area is 224 Å². The van der Waals surface area contributed by atoms with E-state index >= 15 is 4.39 Å². The van der Waals surface area contributed by atoms with E-state index in [1.54, 1.807) is 80.8 Å². The summed E-state index contributed by atoms with van der Waals surface area (Å²) in [4.78, 5) is 26.0.